The minimum Gasteiger partial charge on any atom is -0.454 e. The molecule has 0 radical (unpaired) electrons. The maximum atomic E-state index is 12.1. The zero-order valence-electron chi connectivity index (χ0n) is 12.4. The zero-order valence-corrected chi connectivity index (χ0v) is 13.2. The van der Waals surface area contributed by atoms with Gasteiger partial charge < -0.3 is 19.3 Å². The number of hydrogen-bond donors (Lipinski definition) is 0. The number of amides is 1. The second kappa shape index (κ2) is 6.15. The van der Waals surface area contributed by atoms with Crippen LogP contribution in [0.1, 0.15) is 17.4 Å². The lowest BCUT2D eigenvalue weighted by atomic mass is 10.1. The molecule has 6 heteroatoms. The summed E-state index contributed by atoms with van der Waals surface area (Å²) < 4.78 is 10.8. The molecule has 0 spiro atoms. The summed E-state index contributed by atoms with van der Waals surface area (Å²) in [5.74, 6) is 2.34. The van der Waals surface area contributed by atoms with Crippen LogP contribution in [-0.2, 0) is 4.79 Å². The summed E-state index contributed by atoms with van der Waals surface area (Å²) in [6, 6.07) is 5.96. The zero-order chi connectivity index (χ0) is 14.8. The number of hydrogen-bond acceptors (Lipinski definition) is 5. The Balaban J connectivity index is 1.72. The minimum absolute atomic E-state index is 0.0918. The van der Waals surface area contributed by atoms with Gasteiger partial charge in [0.25, 0.3) is 0 Å². The Morgan fingerprint density at radius 3 is 2.95 bits per heavy atom. The monoisotopic (exact) mass is 308 g/mol. The van der Waals surface area contributed by atoms with Crippen LogP contribution in [0.3, 0.4) is 0 Å². The van der Waals surface area contributed by atoms with E-state index in [2.05, 4.69) is 19.0 Å². The van der Waals surface area contributed by atoms with Crippen LogP contribution in [0, 0.1) is 0 Å². The fourth-order valence-corrected chi connectivity index (χ4v) is 3.80. The molecule has 2 heterocycles. The average molecular weight is 308 g/mol. The van der Waals surface area contributed by atoms with E-state index in [1.165, 1.54) is 0 Å². The van der Waals surface area contributed by atoms with Crippen LogP contribution in [0.2, 0.25) is 0 Å². The molecule has 1 aromatic rings. The van der Waals surface area contributed by atoms with Gasteiger partial charge in [-0.05, 0) is 44.8 Å². The van der Waals surface area contributed by atoms with Crippen molar-refractivity contribution in [3.8, 4) is 11.5 Å². The third-order valence-corrected chi connectivity index (χ3v) is 4.91. The van der Waals surface area contributed by atoms with Crippen LogP contribution in [0.4, 0.5) is 0 Å². The molecule has 0 N–H and O–H groups in total. The number of ether oxygens (including phenoxy) is 2. The molecular formula is C15H20N2O3S. The second-order valence-electron chi connectivity index (χ2n) is 5.52. The number of benzene rings is 1. The number of carbonyl (C=O) groups is 1. The highest BCUT2D eigenvalue weighted by Crippen LogP contribution is 2.42. The van der Waals surface area contributed by atoms with Crippen LogP contribution >= 0.6 is 11.8 Å². The Kier molecular flexibility index (Phi) is 4.26. The van der Waals surface area contributed by atoms with E-state index in [4.69, 9.17) is 9.47 Å². The molecule has 0 saturated carbocycles. The largest absolute Gasteiger partial charge is 0.454 e. The molecule has 5 nitrogen and oxygen atoms in total. The summed E-state index contributed by atoms with van der Waals surface area (Å²) in [4.78, 5) is 16.2. The molecule has 1 atom stereocenters. The number of rotatable bonds is 5. The van der Waals surface area contributed by atoms with Crippen molar-refractivity contribution >= 4 is 17.7 Å². The first-order chi connectivity index (χ1) is 10.1. The molecule has 1 aromatic carbocycles. The summed E-state index contributed by atoms with van der Waals surface area (Å²) in [5.41, 5.74) is 1.11. The third-order valence-electron chi connectivity index (χ3n) is 3.65. The normalized spacial score (nSPS) is 20.6. The van der Waals surface area contributed by atoms with E-state index < -0.39 is 0 Å². The van der Waals surface area contributed by atoms with Crippen molar-refractivity contribution in [3.63, 3.8) is 0 Å². The molecule has 1 unspecified atom stereocenters. The number of carbonyl (C=O) groups excluding carboxylic acids is 1. The Bertz CT molecular complexity index is 536. The van der Waals surface area contributed by atoms with Crippen LogP contribution in [0.15, 0.2) is 18.2 Å². The molecule has 0 aromatic heterocycles. The Labute approximate surface area is 129 Å². The van der Waals surface area contributed by atoms with Gasteiger partial charge in [0.05, 0.1) is 5.75 Å². The first-order valence-electron chi connectivity index (χ1n) is 7.10. The van der Waals surface area contributed by atoms with Gasteiger partial charge in [-0.1, -0.05) is 6.07 Å². The Morgan fingerprint density at radius 1 is 1.33 bits per heavy atom. The summed E-state index contributed by atoms with van der Waals surface area (Å²) in [6.07, 6.45) is 0.986. The van der Waals surface area contributed by atoms with E-state index in [-0.39, 0.29) is 18.1 Å². The fourth-order valence-electron chi connectivity index (χ4n) is 2.60. The molecule has 2 aliphatic rings. The van der Waals surface area contributed by atoms with Gasteiger partial charge in [0.2, 0.25) is 12.7 Å². The molecule has 2 aliphatic heterocycles. The molecule has 1 amide bonds. The maximum absolute atomic E-state index is 12.1. The van der Waals surface area contributed by atoms with E-state index in [0.29, 0.717) is 5.75 Å². The van der Waals surface area contributed by atoms with Gasteiger partial charge in [-0.2, -0.15) is 0 Å². The van der Waals surface area contributed by atoms with Crippen molar-refractivity contribution < 1.29 is 14.3 Å². The summed E-state index contributed by atoms with van der Waals surface area (Å²) in [6.45, 7) is 2.06. The molecule has 114 valence electrons. The van der Waals surface area contributed by atoms with E-state index in [1.54, 1.807) is 11.8 Å². The van der Waals surface area contributed by atoms with Crippen molar-refractivity contribution in [2.75, 3.05) is 39.7 Å². The standard InChI is InChI=1S/C15H20N2O3S/c1-16(2)6-3-7-17-14(18)9-21-15(17)11-4-5-12-13(8-11)20-10-19-12/h4-5,8,15H,3,6-7,9-10H2,1-2H3. The quantitative estimate of drug-likeness (QED) is 0.831. The predicted octanol–water partition coefficient (Wildman–Crippen LogP) is 1.94. The molecule has 1 saturated heterocycles. The maximum Gasteiger partial charge on any atom is 0.233 e. The topological polar surface area (TPSA) is 42.0 Å². The van der Waals surface area contributed by atoms with Crippen LogP contribution in [0.5, 0.6) is 11.5 Å². The number of thioether (sulfide) groups is 1. The SMILES string of the molecule is CN(C)CCCN1C(=O)CSC1c1ccc2c(c1)OCO2. The average Bonchev–Trinajstić information content (AvgIpc) is 3.05. The lowest BCUT2D eigenvalue weighted by Gasteiger charge is -2.25. The van der Waals surface area contributed by atoms with Crippen LogP contribution in [-0.4, -0.2) is 55.4 Å². The number of fused-ring (bicyclic) bond motifs is 1. The van der Waals surface area contributed by atoms with E-state index in [0.717, 1.165) is 36.6 Å². The summed E-state index contributed by atoms with van der Waals surface area (Å²) >= 11 is 1.68. The van der Waals surface area contributed by atoms with Crippen molar-refractivity contribution in [2.45, 2.75) is 11.8 Å². The molecule has 0 bridgehead atoms. The van der Waals surface area contributed by atoms with Gasteiger partial charge >= 0.3 is 0 Å². The fraction of sp³-hybridized carbons (Fsp3) is 0.533. The van der Waals surface area contributed by atoms with E-state index in [1.807, 2.05) is 23.1 Å². The molecule has 21 heavy (non-hydrogen) atoms. The molecular weight excluding hydrogens is 288 g/mol. The first kappa shape index (κ1) is 14.5. The van der Waals surface area contributed by atoms with Gasteiger partial charge in [-0.15, -0.1) is 11.8 Å². The Hall–Kier alpha value is -1.40. The van der Waals surface area contributed by atoms with Gasteiger partial charge in [0, 0.05) is 6.54 Å². The molecule has 3 rings (SSSR count). The van der Waals surface area contributed by atoms with Gasteiger partial charge in [-0.3, -0.25) is 4.79 Å². The van der Waals surface area contributed by atoms with E-state index in [9.17, 15) is 4.79 Å². The van der Waals surface area contributed by atoms with Crippen molar-refractivity contribution in [2.24, 2.45) is 0 Å². The third kappa shape index (κ3) is 3.11. The Morgan fingerprint density at radius 2 is 2.14 bits per heavy atom. The highest BCUT2D eigenvalue weighted by atomic mass is 32.2. The van der Waals surface area contributed by atoms with Crippen molar-refractivity contribution in [1.29, 1.82) is 0 Å². The summed E-state index contributed by atoms with van der Waals surface area (Å²) in [7, 11) is 4.10. The smallest absolute Gasteiger partial charge is 0.233 e. The lowest BCUT2D eigenvalue weighted by molar-refractivity contribution is -0.128. The van der Waals surface area contributed by atoms with Crippen molar-refractivity contribution in [3.05, 3.63) is 23.8 Å². The highest BCUT2D eigenvalue weighted by molar-refractivity contribution is 8.00. The van der Waals surface area contributed by atoms with Gasteiger partial charge in [0.1, 0.15) is 5.37 Å². The number of nitrogens with zero attached hydrogens (tertiary/aromatic N) is 2. The predicted molar refractivity (Wildman–Crippen MR) is 82.6 cm³/mol. The molecule has 1 fully saturated rings. The first-order valence-corrected chi connectivity index (χ1v) is 8.15. The van der Waals surface area contributed by atoms with Crippen molar-refractivity contribution in [1.82, 2.24) is 9.80 Å². The second-order valence-corrected chi connectivity index (χ2v) is 6.59. The van der Waals surface area contributed by atoms with Gasteiger partial charge in [0.15, 0.2) is 11.5 Å². The van der Waals surface area contributed by atoms with Crippen LogP contribution < -0.4 is 9.47 Å². The van der Waals surface area contributed by atoms with Gasteiger partial charge in [-0.25, -0.2) is 0 Å². The highest BCUT2D eigenvalue weighted by Gasteiger charge is 2.33. The summed E-state index contributed by atoms with van der Waals surface area (Å²) in [5, 5.41) is 0.0918. The van der Waals surface area contributed by atoms with Crippen LogP contribution in [0.25, 0.3) is 0 Å². The minimum atomic E-state index is 0.0918. The van der Waals surface area contributed by atoms with E-state index >= 15 is 0 Å². The lowest BCUT2D eigenvalue weighted by Crippen LogP contribution is -2.31. The molecule has 0 aliphatic carbocycles.